The zero-order valence-electron chi connectivity index (χ0n) is 17.2. The number of benzene rings is 1. The highest BCUT2D eigenvalue weighted by Crippen LogP contribution is 2.20. The molecule has 2 aliphatic rings. The van der Waals surface area contributed by atoms with Gasteiger partial charge in [-0.15, -0.1) is 0 Å². The van der Waals surface area contributed by atoms with Gasteiger partial charge in [0.25, 0.3) is 0 Å². The Morgan fingerprint density at radius 3 is 2.38 bits per heavy atom. The summed E-state index contributed by atoms with van der Waals surface area (Å²) in [5.74, 6) is 1.50. The van der Waals surface area contributed by atoms with E-state index in [2.05, 4.69) is 4.90 Å². The van der Waals surface area contributed by atoms with Crippen LogP contribution in [0, 0.1) is 5.92 Å². The molecule has 0 saturated carbocycles. The van der Waals surface area contributed by atoms with Crippen LogP contribution in [0.15, 0.2) is 29.2 Å². The number of piperidine rings is 1. The number of hydrogen-bond donors (Lipinski definition) is 0. The van der Waals surface area contributed by atoms with Gasteiger partial charge in [-0.2, -0.15) is 0 Å². The number of ether oxygens (including phenoxy) is 2. The molecule has 0 bridgehead atoms. The van der Waals surface area contributed by atoms with Crippen molar-refractivity contribution in [2.75, 3.05) is 58.8 Å². The van der Waals surface area contributed by atoms with Gasteiger partial charge >= 0.3 is 0 Å². The number of sulfone groups is 1. The van der Waals surface area contributed by atoms with Crippen molar-refractivity contribution in [2.45, 2.75) is 30.6 Å². The first-order valence-electron chi connectivity index (χ1n) is 10.4. The Morgan fingerprint density at radius 1 is 1.10 bits per heavy atom. The van der Waals surface area contributed by atoms with Crippen LogP contribution in [-0.2, 0) is 19.4 Å². The first-order valence-corrected chi connectivity index (χ1v) is 12.3. The number of likely N-dealkylation sites (tertiary alicyclic amines) is 1. The Kier molecular flexibility index (Phi) is 7.91. The van der Waals surface area contributed by atoms with Gasteiger partial charge in [-0.05, 0) is 49.4 Å². The highest BCUT2D eigenvalue weighted by Gasteiger charge is 2.24. The molecule has 0 radical (unpaired) electrons. The molecular formula is C21H32N2O5S. The standard InChI is InChI=1S/C21H32N2O5S/c1-29(25,26)20-6-4-19(5-7-20)28-14-2-3-21(24)23-10-8-18(9-11-23)17-22-12-15-27-16-13-22/h4-7,18H,2-3,8-17H2,1H3. The average Bonchev–Trinajstić information content (AvgIpc) is 2.72. The summed E-state index contributed by atoms with van der Waals surface area (Å²) in [4.78, 5) is 17.2. The second-order valence-electron chi connectivity index (χ2n) is 7.93. The number of carbonyl (C=O) groups is 1. The number of rotatable bonds is 8. The topological polar surface area (TPSA) is 76.2 Å². The summed E-state index contributed by atoms with van der Waals surface area (Å²) in [6.07, 6.45) is 4.47. The summed E-state index contributed by atoms with van der Waals surface area (Å²) in [6, 6.07) is 6.38. The highest BCUT2D eigenvalue weighted by atomic mass is 32.2. The summed E-state index contributed by atoms with van der Waals surface area (Å²) in [5.41, 5.74) is 0. The maximum atomic E-state index is 12.4. The molecule has 2 fully saturated rings. The van der Waals surface area contributed by atoms with Gasteiger partial charge in [0.15, 0.2) is 9.84 Å². The van der Waals surface area contributed by atoms with Gasteiger partial charge < -0.3 is 14.4 Å². The zero-order chi connectivity index (χ0) is 20.7. The van der Waals surface area contributed by atoms with Crippen molar-refractivity contribution < 1.29 is 22.7 Å². The van der Waals surface area contributed by atoms with E-state index in [4.69, 9.17) is 9.47 Å². The normalized spacial score (nSPS) is 19.3. The van der Waals surface area contributed by atoms with Crippen molar-refractivity contribution >= 4 is 15.7 Å². The molecule has 7 nitrogen and oxygen atoms in total. The van der Waals surface area contributed by atoms with Crippen LogP contribution in [0.3, 0.4) is 0 Å². The first kappa shape index (κ1) is 22.1. The van der Waals surface area contributed by atoms with E-state index in [1.807, 2.05) is 4.90 Å². The van der Waals surface area contributed by atoms with Gasteiger partial charge in [-0.1, -0.05) is 0 Å². The summed E-state index contributed by atoms with van der Waals surface area (Å²) in [5, 5.41) is 0. The molecule has 2 heterocycles. The minimum absolute atomic E-state index is 0.200. The third-order valence-electron chi connectivity index (χ3n) is 5.64. The van der Waals surface area contributed by atoms with Crippen molar-refractivity contribution in [2.24, 2.45) is 5.92 Å². The van der Waals surface area contributed by atoms with Gasteiger partial charge in [-0.3, -0.25) is 9.69 Å². The molecule has 2 aliphatic heterocycles. The Hall–Kier alpha value is -1.64. The molecule has 1 aromatic rings. The van der Waals surface area contributed by atoms with Gasteiger partial charge in [-0.25, -0.2) is 8.42 Å². The molecule has 0 spiro atoms. The van der Waals surface area contributed by atoms with Crippen LogP contribution in [0.2, 0.25) is 0 Å². The van der Waals surface area contributed by atoms with Crippen molar-refractivity contribution in [1.29, 1.82) is 0 Å². The Bertz CT molecular complexity index is 752. The third-order valence-corrected chi connectivity index (χ3v) is 6.77. The quantitative estimate of drug-likeness (QED) is 0.593. The van der Waals surface area contributed by atoms with Crippen molar-refractivity contribution in [1.82, 2.24) is 9.80 Å². The molecule has 162 valence electrons. The van der Waals surface area contributed by atoms with Gasteiger partial charge in [0.05, 0.1) is 24.7 Å². The number of amides is 1. The monoisotopic (exact) mass is 424 g/mol. The maximum Gasteiger partial charge on any atom is 0.222 e. The van der Waals surface area contributed by atoms with Crippen molar-refractivity contribution in [3.8, 4) is 5.75 Å². The van der Waals surface area contributed by atoms with E-state index in [-0.39, 0.29) is 10.8 Å². The second-order valence-corrected chi connectivity index (χ2v) is 9.95. The molecule has 2 saturated heterocycles. The second kappa shape index (κ2) is 10.4. The molecule has 8 heteroatoms. The number of morpholine rings is 1. The minimum Gasteiger partial charge on any atom is -0.494 e. The van der Waals surface area contributed by atoms with E-state index < -0.39 is 9.84 Å². The predicted octanol–water partition coefficient (Wildman–Crippen LogP) is 1.82. The lowest BCUT2D eigenvalue weighted by molar-refractivity contribution is -0.132. The molecule has 0 aromatic heterocycles. The molecular weight excluding hydrogens is 392 g/mol. The molecule has 3 rings (SSSR count). The molecule has 0 atom stereocenters. The zero-order valence-corrected chi connectivity index (χ0v) is 18.0. The average molecular weight is 425 g/mol. The number of hydrogen-bond acceptors (Lipinski definition) is 6. The lowest BCUT2D eigenvalue weighted by Gasteiger charge is -2.36. The molecule has 1 aromatic carbocycles. The van der Waals surface area contributed by atoms with Gasteiger partial charge in [0.1, 0.15) is 5.75 Å². The van der Waals surface area contributed by atoms with Crippen LogP contribution in [0.5, 0.6) is 5.75 Å². The number of carbonyl (C=O) groups excluding carboxylic acids is 1. The van der Waals surface area contributed by atoms with E-state index in [9.17, 15) is 13.2 Å². The first-order chi connectivity index (χ1) is 13.9. The van der Waals surface area contributed by atoms with Crippen LogP contribution in [0.4, 0.5) is 0 Å². The Balaban J connectivity index is 1.31. The van der Waals surface area contributed by atoms with Crippen LogP contribution in [0.25, 0.3) is 0 Å². The molecule has 1 amide bonds. The van der Waals surface area contributed by atoms with Crippen molar-refractivity contribution in [3.63, 3.8) is 0 Å². The summed E-state index contributed by atoms with van der Waals surface area (Å²) < 4.78 is 34.0. The van der Waals surface area contributed by atoms with Crippen LogP contribution < -0.4 is 4.74 Å². The number of nitrogens with zero attached hydrogens (tertiary/aromatic N) is 2. The van der Waals surface area contributed by atoms with Gasteiger partial charge in [0.2, 0.25) is 5.91 Å². The Morgan fingerprint density at radius 2 is 1.76 bits per heavy atom. The fourth-order valence-electron chi connectivity index (χ4n) is 3.87. The lowest BCUT2D eigenvalue weighted by Crippen LogP contribution is -2.44. The fourth-order valence-corrected chi connectivity index (χ4v) is 4.50. The van der Waals surface area contributed by atoms with E-state index in [0.29, 0.717) is 31.1 Å². The summed E-state index contributed by atoms with van der Waals surface area (Å²) >= 11 is 0. The SMILES string of the molecule is CS(=O)(=O)c1ccc(OCCCC(=O)N2CCC(CN3CCOCC3)CC2)cc1. The third kappa shape index (κ3) is 6.97. The van der Waals surface area contributed by atoms with Gasteiger partial charge in [0, 0.05) is 45.4 Å². The van der Waals surface area contributed by atoms with Crippen LogP contribution >= 0.6 is 0 Å². The van der Waals surface area contributed by atoms with E-state index in [1.165, 1.54) is 18.4 Å². The van der Waals surface area contributed by atoms with E-state index >= 15 is 0 Å². The lowest BCUT2D eigenvalue weighted by atomic mass is 9.95. The Labute approximate surface area is 173 Å². The summed E-state index contributed by atoms with van der Waals surface area (Å²) in [6.45, 7) is 6.98. The van der Waals surface area contributed by atoms with Crippen LogP contribution in [0.1, 0.15) is 25.7 Å². The summed E-state index contributed by atoms with van der Waals surface area (Å²) in [7, 11) is -3.19. The molecule has 29 heavy (non-hydrogen) atoms. The molecule has 0 unspecified atom stereocenters. The smallest absolute Gasteiger partial charge is 0.222 e. The minimum atomic E-state index is -3.19. The van der Waals surface area contributed by atoms with E-state index in [1.54, 1.807) is 12.1 Å². The molecule has 0 N–H and O–H groups in total. The van der Waals surface area contributed by atoms with Crippen LogP contribution in [-0.4, -0.2) is 82.9 Å². The predicted molar refractivity (Wildman–Crippen MR) is 111 cm³/mol. The fraction of sp³-hybridized carbons (Fsp3) is 0.667. The maximum absolute atomic E-state index is 12.4. The largest absolute Gasteiger partial charge is 0.494 e. The van der Waals surface area contributed by atoms with Crippen molar-refractivity contribution in [3.05, 3.63) is 24.3 Å². The van der Waals surface area contributed by atoms with E-state index in [0.717, 1.165) is 58.8 Å². The molecule has 0 aliphatic carbocycles. The highest BCUT2D eigenvalue weighted by molar-refractivity contribution is 7.90.